The van der Waals surface area contributed by atoms with Crippen LogP contribution in [0.2, 0.25) is 0 Å². The number of rotatable bonds is 3. The Kier molecular flexibility index (Phi) is 3.46. The van der Waals surface area contributed by atoms with E-state index in [4.69, 9.17) is 0 Å². The van der Waals surface area contributed by atoms with E-state index in [9.17, 15) is 9.90 Å². The summed E-state index contributed by atoms with van der Waals surface area (Å²) in [6, 6.07) is 1.95. The van der Waals surface area contributed by atoms with Gasteiger partial charge in [-0.25, -0.2) is 0 Å². The molecule has 1 aliphatic rings. The molecule has 1 unspecified atom stereocenters. The Labute approximate surface area is 101 Å². The van der Waals surface area contributed by atoms with E-state index >= 15 is 0 Å². The number of carboxylic acid groups (broad SMARTS) is 1. The zero-order valence-corrected chi connectivity index (χ0v) is 10.7. The number of aliphatic carboxylic acids is 1. The Hall–Kier alpha value is -0.350. The number of carboxylic acids is 1. The van der Waals surface area contributed by atoms with Crippen LogP contribution in [0, 0.1) is 5.92 Å². The first kappa shape index (κ1) is 11.1. The van der Waals surface area contributed by atoms with Crippen molar-refractivity contribution < 1.29 is 9.90 Å². The van der Waals surface area contributed by atoms with Crippen LogP contribution >= 0.6 is 27.3 Å². The van der Waals surface area contributed by atoms with Crippen LogP contribution in [-0.4, -0.2) is 11.1 Å². The van der Waals surface area contributed by atoms with Crippen molar-refractivity contribution in [1.29, 1.82) is 0 Å². The fourth-order valence-corrected chi connectivity index (χ4v) is 3.97. The molecule has 0 aliphatic heterocycles. The molecule has 0 amide bonds. The minimum absolute atomic E-state index is 0.288. The van der Waals surface area contributed by atoms with Gasteiger partial charge in [-0.1, -0.05) is 12.8 Å². The van der Waals surface area contributed by atoms with Crippen LogP contribution in [0.1, 0.15) is 36.5 Å². The Bertz CT molecular complexity index is 355. The quantitative estimate of drug-likeness (QED) is 0.917. The molecule has 0 bridgehead atoms. The summed E-state index contributed by atoms with van der Waals surface area (Å²) in [5.41, 5.74) is 0. The highest BCUT2D eigenvalue weighted by molar-refractivity contribution is 9.10. The molecule has 2 nitrogen and oxygen atoms in total. The van der Waals surface area contributed by atoms with E-state index in [2.05, 4.69) is 15.9 Å². The summed E-state index contributed by atoms with van der Waals surface area (Å²) in [7, 11) is 0. The van der Waals surface area contributed by atoms with Crippen LogP contribution in [-0.2, 0) is 4.79 Å². The minimum Gasteiger partial charge on any atom is -0.481 e. The maximum Gasteiger partial charge on any atom is 0.312 e. The van der Waals surface area contributed by atoms with Gasteiger partial charge in [0.15, 0.2) is 0 Å². The fraction of sp³-hybridized carbons (Fsp3) is 0.545. The fourth-order valence-electron chi connectivity index (χ4n) is 2.34. The highest BCUT2D eigenvalue weighted by Crippen LogP contribution is 2.40. The normalized spacial score (nSPS) is 19.3. The predicted molar refractivity (Wildman–Crippen MR) is 64.4 cm³/mol. The summed E-state index contributed by atoms with van der Waals surface area (Å²) in [5.74, 6) is -0.617. The lowest BCUT2D eigenvalue weighted by atomic mass is 9.90. The van der Waals surface area contributed by atoms with Gasteiger partial charge in [0, 0.05) is 14.7 Å². The molecule has 0 aromatic carbocycles. The molecule has 0 spiro atoms. The van der Waals surface area contributed by atoms with Crippen LogP contribution in [0.4, 0.5) is 0 Å². The maximum absolute atomic E-state index is 11.3. The van der Waals surface area contributed by atoms with Crippen molar-refractivity contribution in [3.63, 3.8) is 0 Å². The molecule has 82 valence electrons. The first-order valence-electron chi connectivity index (χ1n) is 5.15. The van der Waals surface area contributed by atoms with Crippen molar-refractivity contribution in [2.45, 2.75) is 31.6 Å². The molecule has 1 heterocycles. The second-order valence-electron chi connectivity index (χ2n) is 4.03. The van der Waals surface area contributed by atoms with Crippen LogP contribution in [0.3, 0.4) is 0 Å². The molecule has 1 saturated carbocycles. The van der Waals surface area contributed by atoms with E-state index in [0.717, 1.165) is 22.2 Å². The third kappa shape index (κ3) is 2.42. The summed E-state index contributed by atoms with van der Waals surface area (Å²) >= 11 is 4.92. The van der Waals surface area contributed by atoms with Crippen LogP contribution in [0.15, 0.2) is 15.9 Å². The number of hydrogen-bond donors (Lipinski definition) is 1. The van der Waals surface area contributed by atoms with Gasteiger partial charge in [-0.2, -0.15) is 0 Å². The summed E-state index contributed by atoms with van der Waals surface area (Å²) in [6.45, 7) is 0. The first-order valence-corrected chi connectivity index (χ1v) is 6.82. The minimum atomic E-state index is -0.670. The lowest BCUT2D eigenvalue weighted by Crippen LogP contribution is -2.18. The molecule has 0 saturated heterocycles. The van der Waals surface area contributed by atoms with Gasteiger partial charge in [0.25, 0.3) is 0 Å². The molecular weight excluding hydrogens is 276 g/mol. The van der Waals surface area contributed by atoms with E-state index in [1.165, 1.54) is 12.8 Å². The van der Waals surface area contributed by atoms with E-state index < -0.39 is 5.97 Å². The number of thiophene rings is 1. The monoisotopic (exact) mass is 288 g/mol. The molecule has 1 fully saturated rings. The number of carbonyl (C=O) groups is 1. The second-order valence-corrected chi connectivity index (χ2v) is 5.89. The number of halogens is 1. The van der Waals surface area contributed by atoms with Crippen molar-refractivity contribution in [1.82, 2.24) is 0 Å². The maximum atomic E-state index is 11.3. The van der Waals surface area contributed by atoms with Gasteiger partial charge in [-0.15, -0.1) is 11.3 Å². The van der Waals surface area contributed by atoms with Gasteiger partial charge in [0.1, 0.15) is 0 Å². The zero-order chi connectivity index (χ0) is 10.8. The van der Waals surface area contributed by atoms with Crippen molar-refractivity contribution in [3.05, 3.63) is 20.8 Å². The average Bonchev–Trinajstić information content (AvgIpc) is 2.77. The Morgan fingerprint density at radius 3 is 2.67 bits per heavy atom. The lowest BCUT2D eigenvalue weighted by Gasteiger charge is -2.17. The number of hydrogen-bond acceptors (Lipinski definition) is 2. The lowest BCUT2D eigenvalue weighted by molar-refractivity contribution is -0.140. The summed E-state index contributed by atoms with van der Waals surface area (Å²) < 4.78 is 0.992. The average molecular weight is 289 g/mol. The van der Waals surface area contributed by atoms with Gasteiger partial charge in [-0.05, 0) is 40.8 Å². The van der Waals surface area contributed by atoms with Gasteiger partial charge < -0.3 is 5.11 Å². The van der Waals surface area contributed by atoms with Crippen LogP contribution < -0.4 is 0 Å². The molecule has 0 radical (unpaired) electrons. The molecule has 4 heteroatoms. The van der Waals surface area contributed by atoms with E-state index in [1.807, 2.05) is 11.4 Å². The molecule has 15 heavy (non-hydrogen) atoms. The van der Waals surface area contributed by atoms with Crippen molar-refractivity contribution in [2.75, 3.05) is 0 Å². The molecule has 1 aliphatic carbocycles. The predicted octanol–water partition coefficient (Wildman–Crippen LogP) is 3.87. The molecule has 1 aromatic heterocycles. The van der Waals surface area contributed by atoms with Crippen molar-refractivity contribution >= 4 is 33.2 Å². The van der Waals surface area contributed by atoms with Gasteiger partial charge in [0.2, 0.25) is 0 Å². The topological polar surface area (TPSA) is 37.3 Å². The summed E-state index contributed by atoms with van der Waals surface area (Å²) in [4.78, 5) is 12.3. The first-order chi connectivity index (χ1) is 7.18. The van der Waals surface area contributed by atoms with Crippen LogP contribution in [0.25, 0.3) is 0 Å². The SMILES string of the molecule is O=C(O)C(c1cc(Br)cs1)C1CCCC1. The van der Waals surface area contributed by atoms with Gasteiger partial charge in [-0.3, -0.25) is 4.79 Å². The van der Waals surface area contributed by atoms with E-state index in [0.29, 0.717) is 5.92 Å². The van der Waals surface area contributed by atoms with Gasteiger partial charge in [0.05, 0.1) is 5.92 Å². The Morgan fingerprint density at radius 1 is 1.53 bits per heavy atom. The molecule has 1 atom stereocenters. The third-order valence-electron chi connectivity index (χ3n) is 3.03. The molecule has 1 aromatic rings. The van der Waals surface area contributed by atoms with Crippen LogP contribution in [0.5, 0.6) is 0 Å². The molecule has 2 rings (SSSR count). The zero-order valence-electron chi connectivity index (χ0n) is 8.28. The van der Waals surface area contributed by atoms with Crippen molar-refractivity contribution in [2.24, 2.45) is 5.92 Å². The third-order valence-corrected chi connectivity index (χ3v) is 4.81. The van der Waals surface area contributed by atoms with E-state index in [1.54, 1.807) is 11.3 Å². The smallest absolute Gasteiger partial charge is 0.312 e. The largest absolute Gasteiger partial charge is 0.481 e. The highest BCUT2D eigenvalue weighted by Gasteiger charge is 2.32. The van der Waals surface area contributed by atoms with Gasteiger partial charge >= 0.3 is 5.97 Å². The molecule has 1 N–H and O–H groups in total. The Balaban J connectivity index is 2.22. The Morgan fingerprint density at radius 2 is 2.20 bits per heavy atom. The second kappa shape index (κ2) is 4.66. The highest BCUT2D eigenvalue weighted by atomic mass is 79.9. The summed E-state index contributed by atoms with van der Waals surface area (Å²) in [6.07, 6.45) is 4.49. The standard InChI is InChI=1S/C11H13BrO2S/c12-8-5-9(15-6-8)10(11(13)14)7-3-1-2-4-7/h5-7,10H,1-4H2,(H,13,14). The van der Waals surface area contributed by atoms with Crippen molar-refractivity contribution in [3.8, 4) is 0 Å². The molecular formula is C11H13BrO2S. The van der Waals surface area contributed by atoms with E-state index in [-0.39, 0.29) is 5.92 Å². The summed E-state index contributed by atoms with van der Waals surface area (Å²) in [5, 5.41) is 11.2.